The van der Waals surface area contributed by atoms with Crippen LogP contribution in [-0.2, 0) is 19.1 Å². The zero-order valence-corrected chi connectivity index (χ0v) is 15.2. The first-order chi connectivity index (χ1) is 12.5. The van der Waals surface area contributed by atoms with Gasteiger partial charge in [-0.05, 0) is 37.6 Å². The van der Waals surface area contributed by atoms with Gasteiger partial charge in [-0.2, -0.15) is 0 Å². The topological polar surface area (TPSA) is 88.1 Å². The summed E-state index contributed by atoms with van der Waals surface area (Å²) in [6.07, 6.45) is 1.40. The number of hydrogen-bond donors (Lipinski definition) is 2. The second kappa shape index (κ2) is 9.82. The van der Waals surface area contributed by atoms with E-state index in [0.29, 0.717) is 25.3 Å². The number of carbonyl (C=O) groups is 2. The van der Waals surface area contributed by atoms with E-state index in [2.05, 4.69) is 10.2 Å². The molecule has 1 aromatic carbocycles. The lowest BCUT2D eigenvalue weighted by Crippen LogP contribution is -2.36. The van der Waals surface area contributed by atoms with Gasteiger partial charge in [0.2, 0.25) is 0 Å². The van der Waals surface area contributed by atoms with Crippen LogP contribution in [-0.4, -0.2) is 49.5 Å². The number of aliphatic carboxylic acids is 1. The van der Waals surface area contributed by atoms with Gasteiger partial charge >= 0.3 is 11.9 Å². The minimum Gasteiger partial charge on any atom is -0.481 e. The van der Waals surface area contributed by atoms with Crippen LogP contribution in [0.4, 0.5) is 11.4 Å². The van der Waals surface area contributed by atoms with Gasteiger partial charge in [0, 0.05) is 36.2 Å². The van der Waals surface area contributed by atoms with E-state index < -0.39 is 11.9 Å². The van der Waals surface area contributed by atoms with Crippen molar-refractivity contribution in [1.29, 1.82) is 0 Å². The van der Waals surface area contributed by atoms with Crippen LogP contribution in [0.3, 0.4) is 0 Å². The van der Waals surface area contributed by atoms with Crippen LogP contribution in [0.5, 0.6) is 0 Å². The number of ether oxygens (including phenoxy) is 2. The molecule has 0 bridgehead atoms. The summed E-state index contributed by atoms with van der Waals surface area (Å²) in [5, 5.41) is 12.1. The molecule has 26 heavy (non-hydrogen) atoms. The first-order valence-corrected chi connectivity index (χ1v) is 8.80. The molecule has 1 aliphatic heterocycles. The third-order valence-corrected chi connectivity index (χ3v) is 4.07. The van der Waals surface area contributed by atoms with E-state index >= 15 is 0 Å². The number of carbonyl (C=O) groups excluding carboxylic acids is 1. The zero-order valence-electron chi connectivity index (χ0n) is 15.2. The van der Waals surface area contributed by atoms with Gasteiger partial charge in [-0.15, -0.1) is 0 Å². The number of morpholine rings is 1. The van der Waals surface area contributed by atoms with Crippen LogP contribution >= 0.6 is 0 Å². The van der Waals surface area contributed by atoms with Crippen molar-refractivity contribution in [3.05, 3.63) is 36.0 Å². The number of carboxylic acids is 1. The first-order valence-electron chi connectivity index (χ1n) is 8.80. The fourth-order valence-electron chi connectivity index (χ4n) is 2.51. The Labute approximate surface area is 153 Å². The summed E-state index contributed by atoms with van der Waals surface area (Å²) >= 11 is 0. The molecule has 7 nitrogen and oxygen atoms in total. The number of esters is 1. The molecule has 0 saturated carbocycles. The number of benzene rings is 1. The van der Waals surface area contributed by atoms with Gasteiger partial charge < -0.3 is 24.8 Å². The van der Waals surface area contributed by atoms with Crippen molar-refractivity contribution in [3.8, 4) is 0 Å². The molecule has 0 spiro atoms. The maximum atomic E-state index is 11.9. The Bertz CT molecular complexity index is 636. The van der Waals surface area contributed by atoms with E-state index in [4.69, 9.17) is 14.6 Å². The Kier molecular flexibility index (Phi) is 7.47. The molecular formula is C19H26N2O5. The Morgan fingerprint density at radius 2 is 1.96 bits per heavy atom. The summed E-state index contributed by atoms with van der Waals surface area (Å²) in [6, 6.07) is 7.65. The number of nitrogens with zero attached hydrogens (tertiary/aromatic N) is 1. The van der Waals surface area contributed by atoms with E-state index in [1.54, 1.807) is 6.92 Å². The SMILES string of the molecule is CCC(C)OC(=O)C=C(CC(=O)O)Nc1ccc(N2CCOCC2)cc1. The van der Waals surface area contributed by atoms with Crippen molar-refractivity contribution in [3.63, 3.8) is 0 Å². The molecule has 1 aliphatic rings. The van der Waals surface area contributed by atoms with Gasteiger partial charge in [-0.1, -0.05) is 6.92 Å². The fraction of sp³-hybridized carbons (Fsp3) is 0.474. The van der Waals surface area contributed by atoms with Crippen molar-refractivity contribution < 1.29 is 24.2 Å². The van der Waals surface area contributed by atoms with Gasteiger partial charge in [0.25, 0.3) is 0 Å². The van der Waals surface area contributed by atoms with E-state index in [9.17, 15) is 9.59 Å². The van der Waals surface area contributed by atoms with Crippen molar-refractivity contribution in [2.24, 2.45) is 0 Å². The predicted octanol–water partition coefficient (Wildman–Crippen LogP) is 2.64. The Balaban J connectivity index is 2.04. The minimum atomic E-state index is -1.02. The van der Waals surface area contributed by atoms with Gasteiger partial charge in [-0.3, -0.25) is 4.79 Å². The third-order valence-electron chi connectivity index (χ3n) is 4.07. The summed E-state index contributed by atoms with van der Waals surface area (Å²) in [5.41, 5.74) is 2.08. The highest BCUT2D eigenvalue weighted by Gasteiger charge is 2.13. The Morgan fingerprint density at radius 3 is 2.54 bits per heavy atom. The van der Waals surface area contributed by atoms with Crippen molar-refractivity contribution in [2.75, 3.05) is 36.5 Å². The van der Waals surface area contributed by atoms with Crippen molar-refractivity contribution >= 4 is 23.3 Å². The smallest absolute Gasteiger partial charge is 0.332 e. The number of rotatable bonds is 8. The largest absolute Gasteiger partial charge is 0.481 e. The van der Waals surface area contributed by atoms with E-state index in [0.717, 1.165) is 18.8 Å². The van der Waals surface area contributed by atoms with Crippen LogP contribution in [0.15, 0.2) is 36.0 Å². The van der Waals surface area contributed by atoms with Crippen LogP contribution in [0, 0.1) is 0 Å². The zero-order chi connectivity index (χ0) is 18.9. The molecule has 1 unspecified atom stereocenters. The lowest BCUT2D eigenvalue weighted by Gasteiger charge is -2.29. The quantitative estimate of drug-likeness (QED) is 0.543. The van der Waals surface area contributed by atoms with Crippen LogP contribution in [0.2, 0.25) is 0 Å². The first kappa shape index (κ1) is 19.8. The lowest BCUT2D eigenvalue weighted by molar-refractivity contribution is -0.142. The molecule has 7 heteroatoms. The molecule has 1 heterocycles. The number of nitrogens with one attached hydrogen (secondary N) is 1. The predicted molar refractivity (Wildman–Crippen MR) is 99.3 cm³/mol. The number of carboxylic acid groups (broad SMARTS) is 1. The average molecular weight is 362 g/mol. The van der Waals surface area contributed by atoms with Gasteiger partial charge in [0.05, 0.1) is 25.7 Å². The molecule has 0 radical (unpaired) electrons. The van der Waals surface area contributed by atoms with Crippen LogP contribution < -0.4 is 10.2 Å². The fourth-order valence-corrected chi connectivity index (χ4v) is 2.51. The highest BCUT2D eigenvalue weighted by Crippen LogP contribution is 2.20. The summed E-state index contributed by atoms with van der Waals surface area (Å²) in [5.74, 6) is -1.57. The molecule has 1 saturated heterocycles. The average Bonchev–Trinajstić information content (AvgIpc) is 2.62. The normalized spacial score (nSPS) is 16.1. The molecular weight excluding hydrogens is 336 g/mol. The summed E-state index contributed by atoms with van der Waals surface area (Å²) in [7, 11) is 0. The monoisotopic (exact) mass is 362 g/mol. The van der Waals surface area contributed by atoms with Crippen LogP contribution in [0.25, 0.3) is 0 Å². The lowest BCUT2D eigenvalue weighted by atomic mass is 10.2. The molecule has 2 rings (SSSR count). The standard InChI is InChI=1S/C19H26N2O5/c1-3-14(2)26-19(24)13-16(12-18(22)23)20-15-4-6-17(7-5-15)21-8-10-25-11-9-21/h4-7,13-14,20H,3,8-12H2,1-2H3,(H,22,23). The molecule has 1 atom stereocenters. The van der Waals surface area contributed by atoms with E-state index in [1.807, 2.05) is 31.2 Å². The molecule has 2 N–H and O–H groups in total. The number of anilines is 2. The highest BCUT2D eigenvalue weighted by molar-refractivity contribution is 5.85. The summed E-state index contributed by atoms with van der Waals surface area (Å²) < 4.78 is 10.5. The Morgan fingerprint density at radius 1 is 1.31 bits per heavy atom. The summed E-state index contributed by atoms with van der Waals surface area (Å²) in [6.45, 7) is 6.82. The van der Waals surface area contributed by atoms with Crippen molar-refractivity contribution in [2.45, 2.75) is 32.8 Å². The highest BCUT2D eigenvalue weighted by atomic mass is 16.5. The van der Waals surface area contributed by atoms with Crippen LogP contribution in [0.1, 0.15) is 26.7 Å². The van der Waals surface area contributed by atoms with Gasteiger partial charge in [0.15, 0.2) is 0 Å². The Hall–Kier alpha value is -2.54. The maximum absolute atomic E-state index is 11.9. The molecule has 0 amide bonds. The molecule has 142 valence electrons. The number of hydrogen-bond acceptors (Lipinski definition) is 6. The second-order valence-electron chi connectivity index (χ2n) is 6.17. The summed E-state index contributed by atoms with van der Waals surface area (Å²) in [4.78, 5) is 25.2. The molecule has 0 aromatic heterocycles. The third kappa shape index (κ3) is 6.40. The minimum absolute atomic E-state index is 0.211. The van der Waals surface area contributed by atoms with E-state index in [1.165, 1.54) is 6.08 Å². The molecule has 0 aliphatic carbocycles. The second-order valence-corrected chi connectivity index (χ2v) is 6.17. The van der Waals surface area contributed by atoms with Gasteiger partial charge in [-0.25, -0.2) is 4.79 Å². The van der Waals surface area contributed by atoms with Gasteiger partial charge in [0.1, 0.15) is 0 Å². The molecule has 1 aromatic rings. The maximum Gasteiger partial charge on any atom is 0.332 e. The van der Waals surface area contributed by atoms with E-state index in [-0.39, 0.29) is 18.2 Å². The molecule has 1 fully saturated rings. The van der Waals surface area contributed by atoms with Crippen molar-refractivity contribution in [1.82, 2.24) is 0 Å².